The lowest BCUT2D eigenvalue weighted by Crippen LogP contribution is -2.41. The van der Waals surface area contributed by atoms with Crippen LogP contribution in [0, 0.1) is 23.7 Å². The van der Waals surface area contributed by atoms with Crippen molar-refractivity contribution in [1.29, 1.82) is 0 Å². The highest BCUT2D eigenvalue weighted by Crippen LogP contribution is 2.47. The van der Waals surface area contributed by atoms with Gasteiger partial charge in [0.1, 0.15) is 0 Å². The van der Waals surface area contributed by atoms with Crippen LogP contribution < -0.4 is 0 Å². The maximum Gasteiger partial charge on any atom is 0.307 e. The molecule has 0 unspecified atom stereocenters. The number of aliphatic carboxylic acids is 1. The molecule has 0 aromatic carbocycles. The number of carboxylic acid groups (broad SMARTS) is 1. The third-order valence-electron chi connectivity index (χ3n) is 5.06. The van der Waals surface area contributed by atoms with E-state index < -0.39 is 5.97 Å². The average Bonchev–Trinajstić information content (AvgIpc) is 2.35. The lowest BCUT2D eigenvalue weighted by molar-refractivity contribution is -0.150. The average molecular weight is 238 g/mol. The summed E-state index contributed by atoms with van der Waals surface area (Å²) in [6.45, 7) is 2.20. The molecule has 0 aliphatic heterocycles. The minimum absolute atomic E-state index is 0.0272. The number of hydrogen-bond acceptors (Lipinski definition) is 1. The molecule has 0 radical (unpaired) electrons. The Kier molecular flexibility index (Phi) is 4.47. The van der Waals surface area contributed by atoms with Crippen LogP contribution in [0.3, 0.4) is 0 Å². The highest BCUT2D eigenvalue weighted by molar-refractivity contribution is 5.71. The molecule has 1 N–H and O–H groups in total. The van der Waals surface area contributed by atoms with Crippen LogP contribution in [0.25, 0.3) is 0 Å². The molecular formula is C15H26O2. The zero-order chi connectivity index (χ0) is 12.3. The topological polar surface area (TPSA) is 37.3 Å². The van der Waals surface area contributed by atoms with Crippen molar-refractivity contribution in [2.45, 2.75) is 64.7 Å². The number of unbranched alkanes of at least 4 members (excludes halogenated alkanes) is 1. The van der Waals surface area contributed by atoms with Crippen molar-refractivity contribution < 1.29 is 9.90 Å². The fourth-order valence-corrected chi connectivity index (χ4v) is 4.20. The van der Waals surface area contributed by atoms with E-state index in [9.17, 15) is 9.90 Å². The second-order valence-electron chi connectivity index (χ2n) is 6.05. The van der Waals surface area contributed by atoms with Crippen LogP contribution in [0.5, 0.6) is 0 Å². The van der Waals surface area contributed by atoms with E-state index in [-0.39, 0.29) is 5.92 Å². The largest absolute Gasteiger partial charge is 0.481 e. The van der Waals surface area contributed by atoms with Gasteiger partial charge < -0.3 is 5.11 Å². The van der Waals surface area contributed by atoms with Gasteiger partial charge in [0.2, 0.25) is 0 Å². The standard InChI is InChI=1S/C15H26O2/c1-2-3-6-12-10-9-11-7-4-5-8-13(11)14(12)15(16)17/h11-14H,2-10H2,1H3,(H,16,17)/t11-,12+,13-,14+/m0/s1. The summed E-state index contributed by atoms with van der Waals surface area (Å²) in [5, 5.41) is 9.55. The van der Waals surface area contributed by atoms with Gasteiger partial charge in [-0.15, -0.1) is 0 Å². The van der Waals surface area contributed by atoms with E-state index in [4.69, 9.17) is 0 Å². The normalized spacial score (nSPS) is 37.5. The summed E-state index contributed by atoms with van der Waals surface area (Å²) in [5.41, 5.74) is 0. The van der Waals surface area contributed by atoms with Gasteiger partial charge in [0, 0.05) is 0 Å². The summed E-state index contributed by atoms with van der Waals surface area (Å²) in [5.74, 6) is 1.15. The van der Waals surface area contributed by atoms with Gasteiger partial charge in [-0.05, 0) is 43.4 Å². The molecule has 0 aromatic rings. The summed E-state index contributed by atoms with van der Waals surface area (Å²) in [4.78, 5) is 11.6. The summed E-state index contributed by atoms with van der Waals surface area (Å²) < 4.78 is 0. The number of hydrogen-bond donors (Lipinski definition) is 1. The maximum atomic E-state index is 11.6. The Bertz CT molecular complexity index is 262. The molecule has 0 bridgehead atoms. The van der Waals surface area contributed by atoms with Gasteiger partial charge in [-0.3, -0.25) is 4.79 Å². The molecule has 2 rings (SSSR count). The van der Waals surface area contributed by atoms with Gasteiger partial charge in [-0.25, -0.2) is 0 Å². The van der Waals surface area contributed by atoms with Gasteiger partial charge in [-0.1, -0.05) is 39.0 Å². The predicted molar refractivity (Wildman–Crippen MR) is 68.8 cm³/mol. The first-order valence-electron chi connectivity index (χ1n) is 7.46. The van der Waals surface area contributed by atoms with Crippen molar-refractivity contribution in [2.75, 3.05) is 0 Å². The van der Waals surface area contributed by atoms with Crippen molar-refractivity contribution in [1.82, 2.24) is 0 Å². The van der Waals surface area contributed by atoms with Crippen molar-refractivity contribution in [2.24, 2.45) is 23.7 Å². The molecule has 2 heteroatoms. The van der Waals surface area contributed by atoms with E-state index in [0.29, 0.717) is 11.8 Å². The zero-order valence-electron chi connectivity index (χ0n) is 11.0. The molecule has 0 spiro atoms. The SMILES string of the molecule is CCCC[C@@H]1CC[C@@H]2CCCC[C@@H]2[C@@H]1C(=O)O. The molecule has 0 saturated heterocycles. The smallest absolute Gasteiger partial charge is 0.307 e. The van der Waals surface area contributed by atoms with Gasteiger partial charge in [0.25, 0.3) is 0 Å². The van der Waals surface area contributed by atoms with E-state index in [1.807, 2.05) is 0 Å². The third kappa shape index (κ3) is 2.83. The van der Waals surface area contributed by atoms with Crippen molar-refractivity contribution >= 4 is 5.97 Å². The Hall–Kier alpha value is -0.530. The monoisotopic (exact) mass is 238 g/mol. The molecule has 2 saturated carbocycles. The Morgan fingerprint density at radius 2 is 1.94 bits per heavy atom. The number of carboxylic acids is 1. The molecule has 2 aliphatic rings. The highest BCUT2D eigenvalue weighted by Gasteiger charge is 2.43. The van der Waals surface area contributed by atoms with E-state index in [0.717, 1.165) is 18.8 Å². The van der Waals surface area contributed by atoms with Crippen molar-refractivity contribution in [3.8, 4) is 0 Å². The fourth-order valence-electron chi connectivity index (χ4n) is 4.20. The summed E-state index contributed by atoms with van der Waals surface area (Å²) in [6.07, 6.45) is 11.0. The van der Waals surface area contributed by atoms with Crippen molar-refractivity contribution in [3.05, 3.63) is 0 Å². The van der Waals surface area contributed by atoms with Crippen LogP contribution in [-0.2, 0) is 4.79 Å². The third-order valence-corrected chi connectivity index (χ3v) is 5.06. The predicted octanol–water partition coefficient (Wildman–Crippen LogP) is 4.09. The highest BCUT2D eigenvalue weighted by atomic mass is 16.4. The van der Waals surface area contributed by atoms with Crippen LogP contribution in [0.15, 0.2) is 0 Å². The minimum atomic E-state index is -0.511. The molecule has 17 heavy (non-hydrogen) atoms. The number of carbonyl (C=O) groups is 1. The Morgan fingerprint density at radius 3 is 2.65 bits per heavy atom. The first-order valence-corrected chi connectivity index (χ1v) is 7.46. The first-order chi connectivity index (χ1) is 8.24. The summed E-state index contributed by atoms with van der Waals surface area (Å²) in [6, 6.07) is 0. The molecule has 0 amide bonds. The molecule has 2 fully saturated rings. The molecule has 2 nitrogen and oxygen atoms in total. The van der Waals surface area contributed by atoms with Gasteiger partial charge in [0.15, 0.2) is 0 Å². The lowest BCUT2D eigenvalue weighted by Gasteiger charge is -2.44. The van der Waals surface area contributed by atoms with Crippen molar-refractivity contribution in [3.63, 3.8) is 0 Å². The van der Waals surface area contributed by atoms with Crippen LogP contribution in [0.2, 0.25) is 0 Å². The molecule has 2 aliphatic carbocycles. The first kappa shape index (κ1) is 12.9. The quantitative estimate of drug-likeness (QED) is 0.800. The minimum Gasteiger partial charge on any atom is -0.481 e. The van der Waals surface area contributed by atoms with Crippen LogP contribution in [-0.4, -0.2) is 11.1 Å². The maximum absolute atomic E-state index is 11.6. The molecule has 4 atom stereocenters. The molecule has 0 heterocycles. The second-order valence-corrected chi connectivity index (χ2v) is 6.05. The van der Waals surface area contributed by atoms with Crippen LogP contribution >= 0.6 is 0 Å². The van der Waals surface area contributed by atoms with E-state index >= 15 is 0 Å². The Balaban J connectivity index is 2.05. The summed E-state index contributed by atoms with van der Waals surface area (Å²) in [7, 11) is 0. The zero-order valence-corrected chi connectivity index (χ0v) is 11.0. The van der Waals surface area contributed by atoms with E-state index in [1.54, 1.807) is 0 Å². The van der Waals surface area contributed by atoms with Crippen LogP contribution in [0.4, 0.5) is 0 Å². The Morgan fingerprint density at radius 1 is 1.18 bits per heavy atom. The second kappa shape index (κ2) is 5.88. The Labute approximate surface area is 105 Å². The summed E-state index contributed by atoms with van der Waals surface area (Å²) >= 11 is 0. The van der Waals surface area contributed by atoms with Gasteiger partial charge in [-0.2, -0.15) is 0 Å². The fraction of sp³-hybridized carbons (Fsp3) is 0.933. The number of rotatable bonds is 4. The molecule has 98 valence electrons. The number of fused-ring (bicyclic) bond motifs is 1. The molecule has 0 aromatic heterocycles. The van der Waals surface area contributed by atoms with Gasteiger partial charge >= 0.3 is 5.97 Å². The van der Waals surface area contributed by atoms with Crippen LogP contribution in [0.1, 0.15) is 64.7 Å². The van der Waals surface area contributed by atoms with E-state index in [1.165, 1.54) is 44.9 Å². The van der Waals surface area contributed by atoms with E-state index in [2.05, 4.69) is 6.92 Å². The lowest BCUT2D eigenvalue weighted by atomic mass is 9.60. The molecular weight excluding hydrogens is 212 g/mol. The van der Waals surface area contributed by atoms with Gasteiger partial charge in [0.05, 0.1) is 5.92 Å².